The van der Waals surface area contributed by atoms with Gasteiger partial charge in [0.15, 0.2) is 0 Å². The summed E-state index contributed by atoms with van der Waals surface area (Å²) in [6, 6.07) is 5.78. The van der Waals surface area contributed by atoms with E-state index in [9.17, 15) is 9.59 Å². The van der Waals surface area contributed by atoms with Crippen LogP contribution in [0.4, 0.5) is 0 Å². The standard InChI is InChI=1S/C10H11N3O3/c1-2-11-12-9(14)7-3-5-8(6-4-7)10(15)13-16/h2-6,16H,1H3,(H,12,14)(H,13,15)/b11-2+. The van der Waals surface area contributed by atoms with Gasteiger partial charge in [-0.25, -0.2) is 10.9 Å². The van der Waals surface area contributed by atoms with E-state index in [2.05, 4.69) is 10.5 Å². The highest BCUT2D eigenvalue weighted by atomic mass is 16.5. The molecule has 0 aliphatic heterocycles. The number of hydrogen-bond acceptors (Lipinski definition) is 4. The number of hydroxylamine groups is 1. The number of benzene rings is 1. The Bertz CT molecular complexity index is 412. The molecule has 6 nitrogen and oxygen atoms in total. The lowest BCUT2D eigenvalue weighted by molar-refractivity contribution is 0.0706. The van der Waals surface area contributed by atoms with Crippen LogP contribution < -0.4 is 10.9 Å². The summed E-state index contributed by atoms with van der Waals surface area (Å²) in [6.07, 6.45) is 1.45. The zero-order valence-electron chi connectivity index (χ0n) is 8.60. The molecule has 3 N–H and O–H groups in total. The van der Waals surface area contributed by atoms with E-state index in [1.165, 1.54) is 36.0 Å². The monoisotopic (exact) mass is 221 g/mol. The predicted octanol–water partition coefficient (Wildman–Crippen LogP) is 0.541. The molecule has 0 saturated heterocycles. The number of nitrogens with one attached hydrogen (secondary N) is 2. The van der Waals surface area contributed by atoms with Crippen molar-refractivity contribution < 1.29 is 14.8 Å². The van der Waals surface area contributed by atoms with Crippen LogP contribution in [0.15, 0.2) is 29.4 Å². The summed E-state index contributed by atoms with van der Waals surface area (Å²) < 4.78 is 0. The lowest BCUT2D eigenvalue weighted by atomic mass is 10.1. The van der Waals surface area contributed by atoms with Gasteiger partial charge in [-0.05, 0) is 31.2 Å². The number of carbonyl (C=O) groups excluding carboxylic acids is 2. The van der Waals surface area contributed by atoms with Crippen LogP contribution in [0.25, 0.3) is 0 Å². The van der Waals surface area contributed by atoms with E-state index in [0.717, 1.165) is 0 Å². The molecule has 0 atom stereocenters. The molecule has 0 saturated carbocycles. The van der Waals surface area contributed by atoms with E-state index in [4.69, 9.17) is 5.21 Å². The normalized spacial score (nSPS) is 10.1. The van der Waals surface area contributed by atoms with Crippen molar-refractivity contribution in [1.82, 2.24) is 10.9 Å². The topological polar surface area (TPSA) is 90.8 Å². The highest BCUT2D eigenvalue weighted by molar-refractivity contribution is 5.97. The highest BCUT2D eigenvalue weighted by Gasteiger charge is 2.07. The van der Waals surface area contributed by atoms with Crippen LogP contribution in [0, 0.1) is 0 Å². The zero-order valence-corrected chi connectivity index (χ0v) is 8.60. The van der Waals surface area contributed by atoms with Gasteiger partial charge in [-0.15, -0.1) is 0 Å². The Morgan fingerprint density at radius 3 is 2.12 bits per heavy atom. The third-order valence-electron chi connectivity index (χ3n) is 1.81. The molecule has 0 bridgehead atoms. The first-order chi connectivity index (χ1) is 7.69. The van der Waals surface area contributed by atoms with Crippen LogP contribution in [-0.2, 0) is 0 Å². The van der Waals surface area contributed by atoms with Gasteiger partial charge in [0, 0.05) is 17.3 Å². The van der Waals surface area contributed by atoms with Gasteiger partial charge in [-0.1, -0.05) is 0 Å². The summed E-state index contributed by atoms with van der Waals surface area (Å²) in [7, 11) is 0. The smallest absolute Gasteiger partial charge is 0.274 e. The summed E-state index contributed by atoms with van der Waals surface area (Å²) in [5.74, 6) is -0.993. The van der Waals surface area contributed by atoms with Crippen LogP contribution in [0.5, 0.6) is 0 Å². The fourth-order valence-corrected chi connectivity index (χ4v) is 1.03. The van der Waals surface area contributed by atoms with E-state index in [0.29, 0.717) is 5.56 Å². The maximum absolute atomic E-state index is 11.4. The second-order valence-corrected chi connectivity index (χ2v) is 2.85. The maximum atomic E-state index is 11.4. The molecule has 16 heavy (non-hydrogen) atoms. The molecule has 0 unspecified atom stereocenters. The summed E-state index contributed by atoms with van der Waals surface area (Å²) >= 11 is 0. The lowest BCUT2D eigenvalue weighted by Gasteiger charge is -2.01. The van der Waals surface area contributed by atoms with Crippen molar-refractivity contribution in [1.29, 1.82) is 0 Å². The lowest BCUT2D eigenvalue weighted by Crippen LogP contribution is -2.20. The maximum Gasteiger partial charge on any atom is 0.274 e. The van der Waals surface area contributed by atoms with Crippen LogP contribution >= 0.6 is 0 Å². The van der Waals surface area contributed by atoms with E-state index in [1.807, 2.05) is 0 Å². The molecular weight excluding hydrogens is 210 g/mol. The Morgan fingerprint density at radius 1 is 1.19 bits per heavy atom. The van der Waals surface area contributed by atoms with Crippen molar-refractivity contribution >= 4 is 18.0 Å². The minimum atomic E-state index is -0.626. The molecule has 0 aromatic heterocycles. The van der Waals surface area contributed by atoms with E-state index >= 15 is 0 Å². The molecule has 0 spiro atoms. The second kappa shape index (κ2) is 5.62. The largest absolute Gasteiger partial charge is 0.288 e. The molecular formula is C10H11N3O3. The van der Waals surface area contributed by atoms with Gasteiger partial charge in [-0.2, -0.15) is 5.10 Å². The minimum absolute atomic E-state index is 0.262. The molecule has 1 rings (SSSR count). The van der Waals surface area contributed by atoms with Gasteiger partial charge >= 0.3 is 0 Å². The summed E-state index contributed by atoms with van der Waals surface area (Å²) in [6.45, 7) is 1.68. The van der Waals surface area contributed by atoms with Crippen LogP contribution in [0.1, 0.15) is 27.6 Å². The van der Waals surface area contributed by atoms with Crippen molar-refractivity contribution in [2.75, 3.05) is 0 Å². The molecule has 0 aliphatic rings. The van der Waals surface area contributed by atoms with Crippen molar-refractivity contribution in [3.8, 4) is 0 Å². The fraction of sp³-hybridized carbons (Fsp3) is 0.100. The summed E-state index contributed by atoms with van der Waals surface area (Å²) in [4.78, 5) is 22.4. The highest BCUT2D eigenvalue weighted by Crippen LogP contribution is 2.04. The van der Waals surface area contributed by atoms with Gasteiger partial charge in [0.1, 0.15) is 0 Å². The molecule has 0 heterocycles. The van der Waals surface area contributed by atoms with Crippen molar-refractivity contribution in [3.05, 3.63) is 35.4 Å². The first kappa shape index (κ1) is 11.9. The van der Waals surface area contributed by atoms with E-state index in [-0.39, 0.29) is 11.5 Å². The molecule has 1 aromatic carbocycles. The number of hydrazone groups is 1. The predicted molar refractivity (Wildman–Crippen MR) is 57.3 cm³/mol. The van der Waals surface area contributed by atoms with Crippen LogP contribution in [0.2, 0.25) is 0 Å². The van der Waals surface area contributed by atoms with Gasteiger partial charge < -0.3 is 0 Å². The Kier molecular flexibility index (Phi) is 4.16. The zero-order chi connectivity index (χ0) is 12.0. The molecule has 0 fully saturated rings. The van der Waals surface area contributed by atoms with Crippen molar-refractivity contribution in [2.45, 2.75) is 6.92 Å². The average molecular weight is 221 g/mol. The van der Waals surface area contributed by atoms with Gasteiger partial charge in [0.2, 0.25) is 0 Å². The first-order valence-electron chi connectivity index (χ1n) is 4.51. The SMILES string of the molecule is C/C=N/NC(=O)c1ccc(C(=O)NO)cc1. The molecule has 0 aliphatic carbocycles. The number of carbonyl (C=O) groups is 2. The van der Waals surface area contributed by atoms with Crippen LogP contribution in [0.3, 0.4) is 0 Å². The number of rotatable bonds is 3. The molecule has 0 radical (unpaired) electrons. The Labute approximate surface area is 91.9 Å². The third-order valence-corrected chi connectivity index (χ3v) is 1.81. The number of nitrogens with zero attached hydrogens (tertiary/aromatic N) is 1. The van der Waals surface area contributed by atoms with Crippen molar-refractivity contribution in [2.24, 2.45) is 5.10 Å². The molecule has 2 amide bonds. The Hall–Kier alpha value is -2.21. The third kappa shape index (κ3) is 2.89. The molecule has 84 valence electrons. The van der Waals surface area contributed by atoms with Crippen LogP contribution in [-0.4, -0.2) is 23.2 Å². The minimum Gasteiger partial charge on any atom is -0.288 e. The second-order valence-electron chi connectivity index (χ2n) is 2.85. The Balaban J connectivity index is 2.78. The number of hydrogen-bond donors (Lipinski definition) is 3. The quantitative estimate of drug-likeness (QED) is 0.395. The fourth-order valence-electron chi connectivity index (χ4n) is 1.03. The van der Waals surface area contributed by atoms with Crippen molar-refractivity contribution in [3.63, 3.8) is 0 Å². The van der Waals surface area contributed by atoms with Gasteiger partial charge in [-0.3, -0.25) is 14.8 Å². The molecule has 6 heteroatoms. The van der Waals surface area contributed by atoms with Gasteiger partial charge in [0.25, 0.3) is 11.8 Å². The van der Waals surface area contributed by atoms with E-state index in [1.54, 1.807) is 6.92 Å². The average Bonchev–Trinajstić information content (AvgIpc) is 2.35. The van der Waals surface area contributed by atoms with Gasteiger partial charge in [0.05, 0.1) is 0 Å². The number of amides is 2. The molecule has 1 aromatic rings. The van der Waals surface area contributed by atoms with E-state index < -0.39 is 5.91 Å². The first-order valence-corrected chi connectivity index (χ1v) is 4.51. The summed E-state index contributed by atoms with van der Waals surface area (Å²) in [5.41, 5.74) is 4.43. The summed E-state index contributed by atoms with van der Waals surface area (Å²) in [5, 5.41) is 12.0. The Morgan fingerprint density at radius 2 is 1.69 bits per heavy atom.